The number of anilines is 1. The highest BCUT2D eigenvalue weighted by Crippen LogP contribution is 2.24. The Labute approximate surface area is 141 Å². The SMILES string of the molecule is O=C(CSc1nc2ccc([N+](=O)[O-])cc2[nH]1)Nc1nonc1[N+](=O)[O-]. The molecule has 0 spiro atoms. The van der Waals surface area contributed by atoms with Crippen LogP contribution in [0.2, 0.25) is 0 Å². The fourth-order valence-corrected chi connectivity index (χ4v) is 2.53. The molecular weight excluding hydrogens is 358 g/mol. The number of thioether (sulfide) groups is 1. The van der Waals surface area contributed by atoms with Crippen molar-refractivity contribution in [2.24, 2.45) is 0 Å². The maximum atomic E-state index is 11.8. The number of benzene rings is 1. The van der Waals surface area contributed by atoms with Gasteiger partial charge in [-0.25, -0.2) is 4.98 Å². The molecule has 0 unspecified atom stereocenters. The van der Waals surface area contributed by atoms with E-state index in [1.807, 2.05) is 0 Å². The highest BCUT2D eigenvalue weighted by Gasteiger charge is 2.24. The van der Waals surface area contributed by atoms with Crippen LogP contribution in [0.5, 0.6) is 0 Å². The second kappa shape index (κ2) is 6.52. The summed E-state index contributed by atoms with van der Waals surface area (Å²) in [6.07, 6.45) is 0. The van der Waals surface area contributed by atoms with Crippen molar-refractivity contribution in [1.82, 2.24) is 20.3 Å². The second-order valence-corrected chi connectivity index (χ2v) is 5.49. The van der Waals surface area contributed by atoms with E-state index in [2.05, 4.69) is 30.2 Å². The molecule has 1 aromatic carbocycles. The van der Waals surface area contributed by atoms with Crippen LogP contribution in [0.4, 0.5) is 17.3 Å². The van der Waals surface area contributed by atoms with E-state index in [1.54, 1.807) is 0 Å². The summed E-state index contributed by atoms with van der Waals surface area (Å²) in [5.74, 6) is -1.81. The third kappa shape index (κ3) is 3.52. The molecule has 0 bridgehead atoms. The molecule has 0 saturated carbocycles. The predicted octanol–water partition coefficient (Wildman–Crippen LogP) is 1.49. The lowest BCUT2D eigenvalue weighted by Gasteiger charge is -1.98. The van der Waals surface area contributed by atoms with Crippen molar-refractivity contribution in [3.05, 3.63) is 38.4 Å². The summed E-state index contributed by atoms with van der Waals surface area (Å²) < 4.78 is 4.20. The van der Waals surface area contributed by atoms with Gasteiger partial charge < -0.3 is 15.1 Å². The maximum absolute atomic E-state index is 11.8. The van der Waals surface area contributed by atoms with Crippen LogP contribution in [0.25, 0.3) is 11.0 Å². The minimum Gasteiger partial charge on any atom is -0.358 e. The van der Waals surface area contributed by atoms with Gasteiger partial charge in [0.05, 0.1) is 21.7 Å². The number of carbonyl (C=O) groups excluding carboxylic acids is 1. The quantitative estimate of drug-likeness (QED) is 0.368. The summed E-state index contributed by atoms with van der Waals surface area (Å²) >= 11 is 1.01. The number of hydrogen-bond acceptors (Lipinski definition) is 10. The molecule has 0 radical (unpaired) electrons. The minimum atomic E-state index is -0.842. The Bertz CT molecular complexity index is 982. The fourth-order valence-electron chi connectivity index (χ4n) is 1.84. The Morgan fingerprint density at radius 2 is 2.08 bits per heavy atom. The topological polar surface area (TPSA) is 183 Å². The van der Waals surface area contributed by atoms with Gasteiger partial charge in [-0.1, -0.05) is 11.8 Å². The standard InChI is InChI=1S/C11H7N7O6S/c19-8(14-9-10(18(22)23)16-24-15-9)4-25-11-12-6-2-1-5(17(20)21)3-7(6)13-11/h1-3H,4H2,(H,12,13)(H,14,15,19). The number of hydrogen-bond donors (Lipinski definition) is 2. The van der Waals surface area contributed by atoms with Crippen LogP contribution in [0.1, 0.15) is 0 Å². The molecule has 0 saturated heterocycles. The Morgan fingerprint density at radius 3 is 2.80 bits per heavy atom. The molecule has 0 aliphatic rings. The van der Waals surface area contributed by atoms with E-state index in [1.165, 1.54) is 18.2 Å². The van der Waals surface area contributed by atoms with Crippen molar-refractivity contribution in [1.29, 1.82) is 0 Å². The number of nitro groups is 2. The smallest absolute Gasteiger partial charge is 0.358 e. The molecule has 3 rings (SSSR count). The first kappa shape index (κ1) is 16.3. The van der Waals surface area contributed by atoms with E-state index in [4.69, 9.17) is 0 Å². The van der Waals surface area contributed by atoms with Gasteiger partial charge in [0.1, 0.15) is 0 Å². The van der Waals surface area contributed by atoms with Crippen LogP contribution in [0.15, 0.2) is 28.0 Å². The molecule has 128 valence electrons. The number of aromatic amines is 1. The molecule has 2 N–H and O–H groups in total. The zero-order valence-electron chi connectivity index (χ0n) is 12.0. The summed E-state index contributed by atoms with van der Waals surface area (Å²) in [5.41, 5.74) is 0.870. The van der Waals surface area contributed by atoms with Crippen LogP contribution in [-0.2, 0) is 4.79 Å². The molecule has 2 aromatic heterocycles. The number of rotatable bonds is 6. The van der Waals surface area contributed by atoms with Gasteiger partial charge in [0, 0.05) is 17.3 Å². The largest absolute Gasteiger partial charge is 0.459 e. The van der Waals surface area contributed by atoms with Gasteiger partial charge in [-0.3, -0.25) is 20.2 Å². The van der Waals surface area contributed by atoms with Crippen LogP contribution in [-0.4, -0.2) is 41.8 Å². The van der Waals surface area contributed by atoms with E-state index in [-0.39, 0.29) is 11.4 Å². The number of amides is 1. The third-order valence-corrected chi connectivity index (χ3v) is 3.77. The number of aromatic nitrogens is 4. The molecule has 25 heavy (non-hydrogen) atoms. The molecular formula is C11H7N7O6S. The van der Waals surface area contributed by atoms with Crippen molar-refractivity contribution in [3.63, 3.8) is 0 Å². The van der Waals surface area contributed by atoms with Crippen molar-refractivity contribution in [2.45, 2.75) is 5.16 Å². The molecule has 3 aromatic rings. The monoisotopic (exact) mass is 365 g/mol. The molecule has 1 amide bonds. The molecule has 14 heteroatoms. The first-order valence-electron chi connectivity index (χ1n) is 6.48. The Hall–Kier alpha value is -3.55. The zero-order chi connectivity index (χ0) is 18.0. The first-order chi connectivity index (χ1) is 11.9. The Morgan fingerprint density at radius 1 is 1.28 bits per heavy atom. The van der Waals surface area contributed by atoms with Crippen molar-refractivity contribution in [3.8, 4) is 0 Å². The van der Waals surface area contributed by atoms with Gasteiger partial charge >= 0.3 is 5.82 Å². The van der Waals surface area contributed by atoms with Crippen LogP contribution < -0.4 is 5.32 Å². The van der Waals surface area contributed by atoms with E-state index >= 15 is 0 Å². The van der Waals surface area contributed by atoms with Crippen molar-refractivity contribution in [2.75, 3.05) is 11.1 Å². The minimum absolute atomic E-state index is 0.0868. The van der Waals surface area contributed by atoms with Gasteiger partial charge in [-0.2, -0.15) is 0 Å². The lowest BCUT2D eigenvalue weighted by Crippen LogP contribution is -2.15. The number of nitro benzene ring substituents is 1. The van der Waals surface area contributed by atoms with Gasteiger partial charge in [-0.05, 0) is 11.0 Å². The number of nitrogens with zero attached hydrogens (tertiary/aromatic N) is 5. The number of H-pyrrole nitrogens is 1. The summed E-state index contributed by atoms with van der Waals surface area (Å²) in [5, 5.41) is 30.2. The Balaban J connectivity index is 1.65. The number of non-ortho nitro benzene ring substituents is 1. The third-order valence-electron chi connectivity index (χ3n) is 2.90. The number of nitrogens with one attached hydrogen (secondary N) is 2. The van der Waals surface area contributed by atoms with Crippen molar-refractivity contribution < 1.29 is 19.3 Å². The van der Waals surface area contributed by atoms with Gasteiger partial charge in [0.15, 0.2) is 10.3 Å². The van der Waals surface area contributed by atoms with E-state index in [9.17, 15) is 25.0 Å². The van der Waals surface area contributed by atoms with Gasteiger partial charge in [-0.15, -0.1) is 4.63 Å². The average Bonchev–Trinajstić information content (AvgIpc) is 3.18. The van der Waals surface area contributed by atoms with E-state index in [0.717, 1.165) is 11.8 Å². The summed E-state index contributed by atoms with van der Waals surface area (Å²) in [6, 6.07) is 4.14. The van der Waals surface area contributed by atoms with Crippen LogP contribution in [0.3, 0.4) is 0 Å². The maximum Gasteiger partial charge on any atom is 0.459 e. The summed E-state index contributed by atoms with van der Waals surface area (Å²) in [6.45, 7) is 0. The molecule has 0 atom stereocenters. The van der Waals surface area contributed by atoms with Gasteiger partial charge in [0.2, 0.25) is 5.91 Å². The zero-order valence-corrected chi connectivity index (χ0v) is 12.8. The number of carbonyl (C=O) groups is 1. The van der Waals surface area contributed by atoms with Crippen LogP contribution in [0, 0.1) is 20.2 Å². The lowest BCUT2D eigenvalue weighted by atomic mass is 10.3. The molecule has 13 nitrogen and oxygen atoms in total. The predicted molar refractivity (Wildman–Crippen MR) is 83.1 cm³/mol. The van der Waals surface area contributed by atoms with Gasteiger partial charge in [0.25, 0.3) is 11.5 Å². The fraction of sp³-hybridized carbons (Fsp3) is 0.0909. The average molecular weight is 365 g/mol. The number of imidazole rings is 1. The lowest BCUT2D eigenvalue weighted by molar-refractivity contribution is -0.390. The number of fused-ring (bicyclic) bond motifs is 1. The first-order valence-corrected chi connectivity index (χ1v) is 7.46. The Kier molecular flexibility index (Phi) is 4.25. The molecule has 2 heterocycles. The van der Waals surface area contributed by atoms with E-state index < -0.39 is 27.4 Å². The highest BCUT2D eigenvalue weighted by molar-refractivity contribution is 7.99. The van der Waals surface area contributed by atoms with E-state index in [0.29, 0.717) is 16.2 Å². The summed E-state index contributed by atoms with van der Waals surface area (Å²) in [4.78, 5) is 38.9. The summed E-state index contributed by atoms with van der Waals surface area (Å²) in [7, 11) is 0. The molecule has 0 aliphatic carbocycles. The second-order valence-electron chi connectivity index (χ2n) is 4.53. The molecule has 0 aliphatic heterocycles. The molecule has 0 fully saturated rings. The highest BCUT2D eigenvalue weighted by atomic mass is 32.2. The normalized spacial score (nSPS) is 10.7. The van der Waals surface area contributed by atoms with Crippen molar-refractivity contribution >= 4 is 46.0 Å². The van der Waals surface area contributed by atoms with Crippen LogP contribution >= 0.6 is 11.8 Å².